The molecule has 136 valence electrons. The van der Waals surface area contributed by atoms with Gasteiger partial charge in [0.2, 0.25) is 0 Å². The Balaban J connectivity index is 2.00. The number of hydrogen-bond acceptors (Lipinski definition) is 1. The topological polar surface area (TPSA) is 0 Å². The number of fused-ring (bicyclic) bond motifs is 2. The number of aryl methyl sites for hydroxylation is 2. The molecule has 1 aliphatic heterocycles. The Bertz CT molecular complexity index is 1060. The normalized spacial score (nSPS) is 14.2. The molecule has 0 atom stereocenters. The van der Waals surface area contributed by atoms with Crippen LogP contribution in [-0.2, 0) is 0 Å². The predicted octanol–water partition coefficient (Wildman–Crippen LogP) is 4.15. The Labute approximate surface area is 172 Å². The maximum absolute atomic E-state index is 2.38. The van der Waals surface area contributed by atoms with Crippen LogP contribution in [0.15, 0.2) is 107 Å². The summed E-state index contributed by atoms with van der Waals surface area (Å²) >= 11 is 1.96. The van der Waals surface area contributed by atoms with E-state index in [2.05, 4.69) is 111 Å². The first kappa shape index (κ1) is 17.5. The first-order valence-electron chi connectivity index (χ1n) is 9.72. The average molecular weight is 395 g/mol. The molecule has 0 unspecified atom stereocenters. The van der Waals surface area contributed by atoms with Crippen molar-refractivity contribution < 1.29 is 0 Å². The van der Waals surface area contributed by atoms with Gasteiger partial charge in [0.25, 0.3) is 0 Å². The lowest BCUT2D eigenvalue weighted by Gasteiger charge is -2.40. The van der Waals surface area contributed by atoms with E-state index < -0.39 is 8.07 Å². The average Bonchev–Trinajstić information content (AvgIpc) is 2.75. The summed E-state index contributed by atoms with van der Waals surface area (Å²) in [6.07, 6.45) is 0. The molecule has 5 rings (SSSR count). The molecule has 2 heteroatoms. The Kier molecular flexibility index (Phi) is 4.26. The van der Waals surface area contributed by atoms with Gasteiger partial charge in [-0.2, -0.15) is 0 Å². The third-order valence-corrected chi connectivity index (χ3v) is 12.6. The molecule has 4 aromatic carbocycles. The van der Waals surface area contributed by atoms with Gasteiger partial charge in [-0.25, -0.2) is 0 Å². The first-order chi connectivity index (χ1) is 13.7. The molecule has 0 bridgehead atoms. The molecule has 1 aliphatic rings. The molecule has 0 radical (unpaired) electrons. The SMILES string of the molecule is Cc1cccc2c1Sc1c(C)cccc1[Si]2(c1ccccc1)c1ccccc1. The highest BCUT2D eigenvalue weighted by Gasteiger charge is 2.47. The van der Waals surface area contributed by atoms with Crippen molar-refractivity contribution >= 4 is 40.6 Å². The minimum atomic E-state index is -2.36. The molecule has 0 fully saturated rings. The molecular weight excluding hydrogens is 372 g/mol. The zero-order chi connectivity index (χ0) is 19.1. The van der Waals surface area contributed by atoms with E-state index in [0.29, 0.717) is 0 Å². The fourth-order valence-corrected chi connectivity index (χ4v) is 11.8. The lowest BCUT2D eigenvalue weighted by Crippen LogP contribution is -2.76. The van der Waals surface area contributed by atoms with Crippen LogP contribution in [0.3, 0.4) is 0 Å². The highest BCUT2D eigenvalue weighted by Crippen LogP contribution is 2.36. The van der Waals surface area contributed by atoms with E-state index in [4.69, 9.17) is 0 Å². The largest absolute Gasteiger partial charge is 0.181 e. The Hall–Kier alpha value is -2.55. The smallest absolute Gasteiger partial charge is 0.0897 e. The second-order valence-corrected chi connectivity index (χ2v) is 12.2. The van der Waals surface area contributed by atoms with Crippen LogP contribution in [0.25, 0.3) is 0 Å². The summed E-state index contributed by atoms with van der Waals surface area (Å²) < 4.78 is 0. The standard InChI is InChI=1S/C26H22SSi/c1-19-11-9-17-23-25(19)27-26-20(2)12-10-18-24(26)28(23,21-13-5-3-6-14-21)22-15-7-4-8-16-22/h3-18H,1-2H3. The summed E-state index contributed by atoms with van der Waals surface area (Å²) in [6.45, 7) is 4.51. The van der Waals surface area contributed by atoms with E-state index in [9.17, 15) is 0 Å². The first-order valence-corrected chi connectivity index (χ1v) is 12.5. The molecular formula is C26H22SSi. The number of hydrogen-bond donors (Lipinski definition) is 0. The van der Waals surface area contributed by atoms with E-state index in [0.717, 1.165) is 0 Å². The van der Waals surface area contributed by atoms with Crippen LogP contribution in [0.1, 0.15) is 11.1 Å². The zero-order valence-corrected chi connectivity index (χ0v) is 18.0. The van der Waals surface area contributed by atoms with Crippen LogP contribution in [0.4, 0.5) is 0 Å². The number of rotatable bonds is 2. The fraction of sp³-hybridized carbons (Fsp3) is 0.0769. The van der Waals surface area contributed by atoms with Gasteiger partial charge >= 0.3 is 0 Å². The van der Waals surface area contributed by atoms with Crippen LogP contribution in [-0.4, -0.2) is 8.07 Å². The molecule has 0 aromatic heterocycles. The minimum absolute atomic E-state index is 1.38. The molecule has 0 amide bonds. The Morgan fingerprint density at radius 2 is 0.929 bits per heavy atom. The van der Waals surface area contributed by atoms with E-state index in [-0.39, 0.29) is 0 Å². The molecule has 0 saturated carbocycles. The summed E-state index contributed by atoms with van der Waals surface area (Å²) in [5.74, 6) is 0. The second-order valence-electron chi connectivity index (χ2n) is 7.49. The van der Waals surface area contributed by atoms with Gasteiger partial charge < -0.3 is 0 Å². The van der Waals surface area contributed by atoms with Crippen molar-refractivity contribution in [2.24, 2.45) is 0 Å². The van der Waals surface area contributed by atoms with E-state index >= 15 is 0 Å². The monoisotopic (exact) mass is 394 g/mol. The highest BCUT2D eigenvalue weighted by molar-refractivity contribution is 8.00. The number of benzene rings is 4. The predicted molar refractivity (Wildman–Crippen MR) is 124 cm³/mol. The maximum atomic E-state index is 2.38. The minimum Gasteiger partial charge on any atom is -0.0897 e. The van der Waals surface area contributed by atoms with Crippen molar-refractivity contribution in [3.63, 3.8) is 0 Å². The molecule has 0 aliphatic carbocycles. The van der Waals surface area contributed by atoms with Gasteiger partial charge in [0, 0.05) is 9.79 Å². The van der Waals surface area contributed by atoms with Gasteiger partial charge in [-0.15, -0.1) is 0 Å². The van der Waals surface area contributed by atoms with Gasteiger partial charge in [0.1, 0.15) is 0 Å². The quantitative estimate of drug-likeness (QED) is 0.406. The van der Waals surface area contributed by atoms with Crippen molar-refractivity contribution in [1.82, 2.24) is 0 Å². The summed E-state index contributed by atoms with van der Waals surface area (Å²) in [4.78, 5) is 2.90. The molecule has 0 nitrogen and oxygen atoms in total. The summed E-state index contributed by atoms with van der Waals surface area (Å²) in [6, 6.07) is 36.1. The van der Waals surface area contributed by atoms with Gasteiger partial charge in [-0.05, 0) is 45.7 Å². The molecule has 1 heterocycles. The van der Waals surface area contributed by atoms with E-state index in [1.165, 1.54) is 41.7 Å². The fourth-order valence-electron chi connectivity index (χ4n) is 4.58. The zero-order valence-electron chi connectivity index (χ0n) is 16.1. The molecule has 0 spiro atoms. The van der Waals surface area contributed by atoms with Crippen molar-refractivity contribution in [2.75, 3.05) is 0 Å². The molecule has 28 heavy (non-hydrogen) atoms. The third-order valence-electron chi connectivity index (χ3n) is 5.85. The van der Waals surface area contributed by atoms with Crippen LogP contribution < -0.4 is 20.7 Å². The molecule has 0 saturated heterocycles. The van der Waals surface area contributed by atoms with Gasteiger partial charge in [-0.1, -0.05) is 109 Å². The highest BCUT2D eigenvalue weighted by atomic mass is 32.2. The van der Waals surface area contributed by atoms with Crippen molar-refractivity contribution in [1.29, 1.82) is 0 Å². The van der Waals surface area contributed by atoms with Crippen LogP contribution >= 0.6 is 11.8 Å². The van der Waals surface area contributed by atoms with Gasteiger partial charge in [0.15, 0.2) is 8.07 Å². The van der Waals surface area contributed by atoms with Crippen molar-refractivity contribution in [3.05, 3.63) is 108 Å². The Morgan fingerprint density at radius 3 is 1.36 bits per heavy atom. The van der Waals surface area contributed by atoms with Gasteiger partial charge in [-0.3, -0.25) is 0 Å². The maximum Gasteiger partial charge on any atom is 0.181 e. The van der Waals surface area contributed by atoms with E-state index in [1.54, 1.807) is 0 Å². The molecule has 4 aromatic rings. The summed E-state index contributed by atoms with van der Waals surface area (Å²) in [7, 11) is -2.36. The lowest BCUT2D eigenvalue weighted by molar-refractivity contribution is 1.27. The second kappa shape index (κ2) is 6.80. The van der Waals surface area contributed by atoms with Crippen molar-refractivity contribution in [3.8, 4) is 0 Å². The lowest BCUT2D eigenvalue weighted by atomic mass is 10.2. The molecule has 0 N–H and O–H groups in total. The summed E-state index contributed by atoms with van der Waals surface area (Å²) in [5, 5.41) is 5.96. The van der Waals surface area contributed by atoms with Crippen LogP contribution in [0, 0.1) is 13.8 Å². The Morgan fingerprint density at radius 1 is 0.500 bits per heavy atom. The van der Waals surface area contributed by atoms with Crippen LogP contribution in [0.5, 0.6) is 0 Å². The third kappa shape index (κ3) is 2.45. The van der Waals surface area contributed by atoms with Gasteiger partial charge in [0.05, 0.1) is 0 Å². The van der Waals surface area contributed by atoms with Crippen molar-refractivity contribution in [2.45, 2.75) is 23.6 Å². The van der Waals surface area contributed by atoms with E-state index in [1.807, 2.05) is 11.8 Å². The van der Waals surface area contributed by atoms with Crippen LogP contribution in [0.2, 0.25) is 0 Å². The summed E-state index contributed by atoms with van der Waals surface area (Å²) in [5.41, 5.74) is 2.75.